The van der Waals surface area contributed by atoms with E-state index in [0.717, 1.165) is 28.1 Å². The SMILES string of the molecule is CNc1ccc(N2C(=O)Cc3cc(OC)c(OC(C)C)cc3[C@@H]2c2ccc(Cl)cc2)cc1. The van der Waals surface area contributed by atoms with Crippen molar-refractivity contribution in [2.75, 3.05) is 24.4 Å². The number of ether oxygens (including phenoxy) is 2. The monoisotopic (exact) mass is 450 g/mol. The highest BCUT2D eigenvalue weighted by Gasteiger charge is 2.36. The van der Waals surface area contributed by atoms with E-state index >= 15 is 0 Å². The molecule has 1 aliphatic rings. The van der Waals surface area contributed by atoms with Gasteiger partial charge in [0.05, 0.1) is 25.7 Å². The Bertz CT molecular complexity index is 1110. The summed E-state index contributed by atoms with van der Waals surface area (Å²) in [6.07, 6.45) is 0.275. The molecule has 1 amide bonds. The molecule has 1 N–H and O–H groups in total. The molecular formula is C26H27ClN2O3. The first-order valence-electron chi connectivity index (χ1n) is 10.6. The number of hydrogen-bond donors (Lipinski definition) is 1. The van der Waals surface area contributed by atoms with Gasteiger partial charge in [-0.15, -0.1) is 0 Å². The molecule has 0 saturated carbocycles. The van der Waals surface area contributed by atoms with E-state index in [1.54, 1.807) is 7.11 Å². The molecule has 0 fully saturated rings. The molecule has 0 aliphatic carbocycles. The molecule has 5 nitrogen and oxygen atoms in total. The molecule has 0 spiro atoms. The summed E-state index contributed by atoms with van der Waals surface area (Å²) in [5.41, 5.74) is 4.75. The summed E-state index contributed by atoms with van der Waals surface area (Å²) in [5, 5.41) is 3.78. The zero-order valence-electron chi connectivity index (χ0n) is 18.7. The van der Waals surface area contributed by atoms with Crippen molar-refractivity contribution in [3.05, 3.63) is 82.4 Å². The van der Waals surface area contributed by atoms with Gasteiger partial charge in [0, 0.05) is 23.4 Å². The lowest BCUT2D eigenvalue weighted by atomic mass is 9.86. The van der Waals surface area contributed by atoms with E-state index in [1.807, 2.05) is 86.5 Å². The number of nitrogens with zero attached hydrogens (tertiary/aromatic N) is 1. The van der Waals surface area contributed by atoms with Crippen LogP contribution in [0.3, 0.4) is 0 Å². The van der Waals surface area contributed by atoms with Gasteiger partial charge in [-0.3, -0.25) is 4.79 Å². The number of methoxy groups -OCH3 is 1. The Kier molecular flexibility index (Phi) is 6.28. The molecule has 0 unspecified atom stereocenters. The molecule has 0 saturated heterocycles. The first-order valence-corrected chi connectivity index (χ1v) is 11.0. The third-order valence-corrected chi connectivity index (χ3v) is 5.82. The summed E-state index contributed by atoms with van der Waals surface area (Å²) in [5.74, 6) is 1.32. The third kappa shape index (κ3) is 4.26. The number of benzene rings is 3. The Morgan fingerprint density at radius 2 is 1.72 bits per heavy atom. The van der Waals surface area contributed by atoms with Crippen LogP contribution in [0.15, 0.2) is 60.7 Å². The van der Waals surface area contributed by atoms with Crippen LogP contribution in [0.4, 0.5) is 11.4 Å². The summed E-state index contributed by atoms with van der Waals surface area (Å²) in [7, 11) is 3.49. The maximum atomic E-state index is 13.4. The van der Waals surface area contributed by atoms with Crippen LogP contribution < -0.4 is 19.7 Å². The Hall–Kier alpha value is -3.18. The second kappa shape index (κ2) is 9.13. The molecule has 6 heteroatoms. The topological polar surface area (TPSA) is 50.8 Å². The fourth-order valence-corrected chi connectivity index (χ4v) is 4.24. The van der Waals surface area contributed by atoms with Crippen molar-refractivity contribution in [3.8, 4) is 11.5 Å². The molecule has 3 aromatic rings. The average molecular weight is 451 g/mol. The number of carbonyl (C=O) groups is 1. The van der Waals surface area contributed by atoms with Gasteiger partial charge in [-0.1, -0.05) is 23.7 Å². The van der Waals surface area contributed by atoms with Crippen LogP contribution in [-0.2, 0) is 11.2 Å². The minimum Gasteiger partial charge on any atom is -0.493 e. The van der Waals surface area contributed by atoms with Gasteiger partial charge >= 0.3 is 0 Å². The number of fused-ring (bicyclic) bond motifs is 1. The maximum Gasteiger partial charge on any atom is 0.232 e. The zero-order valence-corrected chi connectivity index (χ0v) is 19.4. The Morgan fingerprint density at radius 3 is 2.31 bits per heavy atom. The van der Waals surface area contributed by atoms with Gasteiger partial charge in [-0.05, 0) is 79.1 Å². The Labute approximate surface area is 193 Å². The number of hydrogen-bond acceptors (Lipinski definition) is 4. The van der Waals surface area contributed by atoms with E-state index < -0.39 is 0 Å². The summed E-state index contributed by atoms with van der Waals surface area (Å²) in [6.45, 7) is 3.96. The molecule has 166 valence electrons. The summed E-state index contributed by atoms with van der Waals surface area (Å²) < 4.78 is 11.6. The predicted octanol–water partition coefficient (Wildman–Crippen LogP) is 5.86. The first-order chi connectivity index (χ1) is 15.4. The van der Waals surface area contributed by atoms with Crippen molar-refractivity contribution < 1.29 is 14.3 Å². The highest BCUT2D eigenvalue weighted by molar-refractivity contribution is 6.30. The number of amides is 1. The fraction of sp³-hybridized carbons (Fsp3) is 0.269. The van der Waals surface area contributed by atoms with Crippen LogP contribution >= 0.6 is 11.6 Å². The lowest BCUT2D eigenvalue weighted by Crippen LogP contribution is -2.41. The van der Waals surface area contributed by atoms with E-state index in [9.17, 15) is 4.79 Å². The molecule has 1 atom stereocenters. The van der Waals surface area contributed by atoms with Crippen molar-refractivity contribution in [2.45, 2.75) is 32.4 Å². The zero-order chi connectivity index (χ0) is 22.8. The number of carbonyl (C=O) groups excluding carboxylic acids is 1. The molecule has 1 aliphatic heterocycles. The molecular weight excluding hydrogens is 424 g/mol. The molecule has 1 heterocycles. The van der Waals surface area contributed by atoms with Crippen LogP contribution in [0, 0.1) is 0 Å². The minimum atomic E-state index is -0.315. The molecule has 32 heavy (non-hydrogen) atoms. The van der Waals surface area contributed by atoms with E-state index in [0.29, 0.717) is 16.5 Å². The van der Waals surface area contributed by atoms with E-state index in [-0.39, 0.29) is 24.5 Å². The van der Waals surface area contributed by atoms with Crippen molar-refractivity contribution in [2.24, 2.45) is 0 Å². The Balaban J connectivity index is 1.90. The predicted molar refractivity (Wildman–Crippen MR) is 129 cm³/mol. The van der Waals surface area contributed by atoms with Crippen LogP contribution in [0.5, 0.6) is 11.5 Å². The Morgan fingerprint density at radius 1 is 1.03 bits per heavy atom. The first kappa shape index (κ1) is 22.0. The van der Waals surface area contributed by atoms with E-state index in [1.165, 1.54) is 0 Å². The van der Waals surface area contributed by atoms with Crippen LogP contribution in [0.1, 0.15) is 36.6 Å². The quantitative estimate of drug-likeness (QED) is 0.511. The lowest BCUT2D eigenvalue weighted by Gasteiger charge is -2.38. The molecule has 4 rings (SSSR count). The summed E-state index contributed by atoms with van der Waals surface area (Å²) in [6, 6.07) is 19.1. The molecule has 0 aromatic heterocycles. The van der Waals surface area contributed by atoms with Crippen molar-refractivity contribution in [3.63, 3.8) is 0 Å². The standard InChI is InChI=1S/C26H27ClN2O3/c1-16(2)32-24-15-22-18(13-23(24)31-4)14-25(30)29(21-11-9-20(28-3)10-12-21)26(22)17-5-7-19(27)8-6-17/h5-13,15-16,26,28H,14H2,1-4H3/t26-/m0/s1. The van der Waals surface area contributed by atoms with Crippen LogP contribution in [-0.4, -0.2) is 26.2 Å². The van der Waals surface area contributed by atoms with Gasteiger partial charge in [0.2, 0.25) is 5.91 Å². The van der Waals surface area contributed by atoms with Crippen molar-refractivity contribution in [1.82, 2.24) is 0 Å². The second-order valence-corrected chi connectivity index (χ2v) is 8.50. The molecule has 0 radical (unpaired) electrons. The second-order valence-electron chi connectivity index (χ2n) is 8.06. The van der Waals surface area contributed by atoms with E-state index in [2.05, 4.69) is 5.32 Å². The fourth-order valence-electron chi connectivity index (χ4n) is 4.12. The largest absolute Gasteiger partial charge is 0.493 e. The number of nitrogens with one attached hydrogen (secondary N) is 1. The normalized spacial score (nSPS) is 15.5. The summed E-state index contributed by atoms with van der Waals surface area (Å²) >= 11 is 6.16. The third-order valence-electron chi connectivity index (χ3n) is 5.57. The van der Waals surface area contributed by atoms with Crippen LogP contribution in [0.2, 0.25) is 5.02 Å². The van der Waals surface area contributed by atoms with Crippen molar-refractivity contribution in [1.29, 1.82) is 0 Å². The molecule has 3 aromatic carbocycles. The maximum absolute atomic E-state index is 13.4. The number of rotatable bonds is 6. The molecule has 0 bridgehead atoms. The summed E-state index contributed by atoms with van der Waals surface area (Å²) in [4.78, 5) is 15.3. The smallest absolute Gasteiger partial charge is 0.232 e. The van der Waals surface area contributed by atoms with Gasteiger partial charge in [-0.2, -0.15) is 0 Å². The van der Waals surface area contributed by atoms with Crippen LogP contribution in [0.25, 0.3) is 0 Å². The minimum absolute atomic E-state index is 0.00801. The van der Waals surface area contributed by atoms with Gasteiger partial charge in [0.25, 0.3) is 0 Å². The van der Waals surface area contributed by atoms with Gasteiger partial charge in [-0.25, -0.2) is 0 Å². The lowest BCUT2D eigenvalue weighted by molar-refractivity contribution is -0.118. The van der Waals surface area contributed by atoms with Crippen molar-refractivity contribution >= 4 is 28.9 Å². The van der Waals surface area contributed by atoms with E-state index in [4.69, 9.17) is 21.1 Å². The number of anilines is 2. The number of halogens is 1. The highest BCUT2D eigenvalue weighted by Crippen LogP contribution is 2.43. The average Bonchev–Trinajstić information content (AvgIpc) is 2.78. The highest BCUT2D eigenvalue weighted by atomic mass is 35.5. The van der Waals surface area contributed by atoms with Gasteiger partial charge in [0.1, 0.15) is 0 Å². The van der Waals surface area contributed by atoms with Gasteiger partial charge < -0.3 is 19.7 Å². The van der Waals surface area contributed by atoms with Gasteiger partial charge in [0.15, 0.2) is 11.5 Å².